The molecule has 0 bridgehead atoms. The summed E-state index contributed by atoms with van der Waals surface area (Å²) in [6.45, 7) is 7.09. The molecular weight excluding hydrogens is 315 g/mol. The monoisotopic (exact) mass is 332 g/mol. The van der Waals surface area contributed by atoms with E-state index < -0.39 is 5.41 Å². The molecule has 0 fully saturated rings. The zero-order valence-corrected chi connectivity index (χ0v) is 14.6. The highest BCUT2D eigenvalue weighted by Crippen LogP contribution is 2.31. The van der Waals surface area contributed by atoms with Crippen LogP contribution in [0.25, 0.3) is 0 Å². The Hall–Kier alpha value is -3.06. The van der Waals surface area contributed by atoms with Crippen molar-refractivity contribution in [1.29, 1.82) is 10.5 Å². The van der Waals surface area contributed by atoms with Crippen LogP contribution >= 0.6 is 0 Å². The molecule has 1 heterocycles. The molecule has 2 aromatic rings. The molecule has 2 rings (SSSR count). The summed E-state index contributed by atoms with van der Waals surface area (Å²) in [4.78, 5) is 12.6. The quantitative estimate of drug-likeness (QED) is 0.806. The molecule has 0 N–H and O–H groups in total. The summed E-state index contributed by atoms with van der Waals surface area (Å²) in [6.07, 6.45) is 0.0566. The molecule has 0 aliphatic carbocycles. The third-order valence-corrected chi connectivity index (χ3v) is 3.51. The Labute approximate surface area is 148 Å². The average molecular weight is 332 g/mol. The van der Waals surface area contributed by atoms with Crippen LogP contribution in [0, 0.1) is 35.0 Å². The number of rotatable bonds is 3. The number of carbonyl (C=O) groups excluding carboxylic acids is 1. The van der Waals surface area contributed by atoms with Crippen molar-refractivity contribution < 1.29 is 9.53 Å². The van der Waals surface area contributed by atoms with E-state index in [0.29, 0.717) is 34.0 Å². The summed E-state index contributed by atoms with van der Waals surface area (Å²) in [5.41, 5.74) is 0.921. The maximum absolute atomic E-state index is 12.6. The normalized spacial score (nSPS) is 10.8. The first-order chi connectivity index (χ1) is 11.7. The summed E-state index contributed by atoms with van der Waals surface area (Å²) in [5, 5.41) is 22.4. The molecule has 0 unspecified atom stereocenters. The molecule has 1 aromatic heterocycles. The Morgan fingerprint density at radius 1 is 1.24 bits per heavy atom. The summed E-state index contributed by atoms with van der Waals surface area (Å²) in [7, 11) is 5.81. The van der Waals surface area contributed by atoms with Crippen LogP contribution in [-0.4, -0.2) is 23.5 Å². The van der Waals surface area contributed by atoms with Crippen LogP contribution in [0.5, 0.6) is 11.5 Å². The van der Waals surface area contributed by atoms with E-state index in [1.54, 1.807) is 27.7 Å². The summed E-state index contributed by atoms with van der Waals surface area (Å²) < 4.78 is 7.11. The van der Waals surface area contributed by atoms with E-state index in [1.165, 1.54) is 22.9 Å². The van der Waals surface area contributed by atoms with Gasteiger partial charge in [0.25, 0.3) is 5.91 Å². The number of hydrogen-bond acceptors (Lipinski definition) is 5. The van der Waals surface area contributed by atoms with Gasteiger partial charge < -0.3 is 4.74 Å². The van der Waals surface area contributed by atoms with Crippen LogP contribution < -0.4 is 4.74 Å². The van der Waals surface area contributed by atoms with Crippen molar-refractivity contribution in [2.75, 3.05) is 0 Å². The number of aromatic nitrogens is 2. The molecule has 1 aromatic carbocycles. The largest absolute Gasteiger partial charge is 0.453 e. The molecule has 0 amide bonds. The van der Waals surface area contributed by atoms with Crippen LogP contribution in [0.1, 0.15) is 48.1 Å². The third kappa shape index (κ3) is 3.72. The van der Waals surface area contributed by atoms with Gasteiger partial charge in [-0.3, -0.25) is 4.79 Å². The van der Waals surface area contributed by atoms with Gasteiger partial charge in [-0.1, -0.05) is 20.8 Å². The molecule has 0 spiro atoms. The van der Waals surface area contributed by atoms with Gasteiger partial charge in [0.2, 0.25) is 0 Å². The highest BCUT2D eigenvalue weighted by atomic mass is 16.5. The number of ether oxygens (including phenoxy) is 1. The Morgan fingerprint density at radius 2 is 1.80 bits per heavy atom. The van der Waals surface area contributed by atoms with E-state index in [9.17, 15) is 4.79 Å². The number of hydrogen-bond donors (Lipinski definition) is 0. The number of nitrogens with zero attached hydrogens (tertiary/aromatic N) is 4. The summed E-state index contributed by atoms with van der Waals surface area (Å²) >= 11 is 0. The van der Waals surface area contributed by atoms with Crippen molar-refractivity contribution >= 4 is 13.8 Å². The van der Waals surface area contributed by atoms with Crippen molar-refractivity contribution in [3.05, 3.63) is 40.7 Å². The molecule has 2 radical (unpaired) electrons. The lowest BCUT2D eigenvalue weighted by atomic mass is 9.94. The van der Waals surface area contributed by atoms with Crippen molar-refractivity contribution in [1.82, 2.24) is 9.78 Å². The first kappa shape index (κ1) is 18.3. The fourth-order valence-corrected chi connectivity index (χ4v) is 2.26. The van der Waals surface area contributed by atoms with Crippen LogP contribution in [0.4, 0.5) is 0 Å². The number of aryl methyl sites for hydroxylation is 1. The van der Waals surface area contributed by atoms with E-state index in [-0.39, 0.29) is 12.2 Å². The second-order valence-electron chi connectivity index (χ2n) is 6.60. The van der Waals surface area contributed by atoms with E-state index >= 15 is 0 Å². The predicted octanol–water partition coefficient (Wildman–Crippen LogP) is 3.08. The zero-order valence-electron chi connectivity index (χ0n) is 14.6. The van der Waals surface area contributed by atoms with E-state index in [4.69, 9.17) is 23.1 Å². The van der Waals surface area contributed by atoms with Gasteiger partial charge in [0.15, 0.2) is 5.75 Å². The molecule has 124 valence electrons. The maximum atomic E-state index is 12.6. The molecule has 0 aliphatic heterocycles. The van der Waals surface area contributed by atoms with E-state index in [2.05, 4.69) is 5.10 Å². The first-order valence-electron chi connectivity index (χ1n) is 7.67. The van der Waals surface area contributed by atoms with Gasteiger partial charge in [-0.25, -0.2) is 4.68 Å². The average Bonchev–Trinajstić information content (AvgIpc) is 2.88. The minimum absolute atomic E-state index is 0.0566. The second kappa shape index (κ2) is 6.82. The Morgan fingerprint density at radius 3 is 2.24 bits per heavy atom. The van der Waals surface area contributed by atoms with Crippen LogP contribution in [0.15, 0.2) is 18.2 Å². The first-order valence-corrected chi connectivity index (χ1v) is 7.67. The van der Waals surface area contributed by atoms with Crippen molar-refractivity contribution in [2.24, 2.45) is 5.41 Å². The van der Waals surface area contributed by atoms with Crippen LogP contribution in [-0.2, 0) is 6.32 Å². The minimum atomic E-state index is -0.631. The topological polar surface area (TPSA) is 91.7 Å². The van der Waals surface area contributed by atoms with Gasteiger partial charge >= 0.3 is 0 Å². The third-order valence-electron chi connectivity index (χ3n) is 3.51. The summed E-state index contributed by atoms with van der Waals surface area (Å²) in [6, 6.07) is 8.47. The number of nitriles is 2. The summed E-state index contributed by atoms with van der Waals surface area (Å²) in [5.74, 6) is 0.477. The smallest absolute Gasteiger partial charge is 0.252 e. The molecule has 0 aliphatic rings. The van der Waals surface area contributed by atoms with Gasteiger partial charge in [-0.05, 0) is 31.4 Å². The molecule has 0 atom stereocenters. The highest BCUT2D eigenvalue weighted by Gasteiger charge is 2.28. The SMILES string of the molecule is [B]Cc1c(Oc2cc(C#N)cc(C#N)c2)c(C)nn1C(=O)C(C)(C)C. The van der Waals surface area contributed by atoms with Gasteiger partial charge in [0.05, 0.1) is 36.8 Å². The molecule has 7 heteroatoms. The number of carbonyl (C=O) groups is 1. The van der Waals surface area contributed by atoms with Crippen molar-refractivity contribution in [3.8, 4) is 23.6 Å². The molecule has 0 saturated heterocycles. The second-order valence-corrected chi connectivity index (χ2v) is 6.60. The lowest BCUT2D eigenvalue weighted by Crippen LogP contribution is -2.29. The lowest BCUT2D eigenvalue weighted by Gasteiger charge is -2.17. The highest BCUT2D eigenvalue weighted by molar-refractivity contribution is 6.08. The van der Waals surface area contributed by atoms with Crippen LogP contribution in [0.2, 0.25) is 0 Å². The fourth-order valence-electron chi connectivity index (χ4n) is 2.26. The van der Waals surface area contributed by atoms with E-state index in [1.807, 2.05) is 12.1 Å². The molecule has 0 saturated carbocycles. The van der Waals surface area contributed by atoms with Crippen LogP contribution in [0.3, 0.4) is 0 Å². The molecular formula is C18H17BN4O2. The predicted molar refractivity (Wildman–Crippen MR) is 92.4 cm³/mol. The van der Waals surface area contributed by atoms with Gasteiger partial charge in [0.1, 0.15) is 11.4 Å². The van der Waals surface area contributed by atoms with Gasteiger partial charge in [-0.15, -0.1) is 0 Å². The van der Waals surface area contributed by atoms with E-state index in [0.717, 1.165) is 0 Å². The molecule has 6 nitrogen and oxygen atoms in total. The number of benzene rings is 1. The van der Waals surface area contributed by atoms with Gasteiger partial charge in [-0.2, -0.15) is 15.6 Å². The Kier molecular flexibility index (Phi) is 4.99. The van der Waals surface area contributed by atoms with Gasteiger partial charge in [0, 0.05) is 5.41 Å². The van der Waals surface area contributed by atoms with Crippen molar-refractivity contribution in [2.45, 2.75) is 34.0 Å². The maximum Gasteiger partial charge on any atom is 0.252 e. The Bertz CT molecular complexity index is 879. The molecule has 25 heavy (non-hydrogen) atoms. The zero-order chi connectivity index (χ0) is 18.8. The fraction of sp³-hybridized carbons (Fsp3) is 0.333. The standard InChI is InChI=1S/C18H17BN4O2/c1-11-16(15(8-19)23(22-11)17(24)18(2,3)4)25-14-6-12(9-20)5-13(7-14)10-21/h5-7H,8H2,1-4H3. The van der Waals surface area contributed by atoms with Crippen molar-refractivity contribution in [3.63, 3.8) is 0 Å². The minimum Gasteiger partial charge on any atom is -0.453 e. The Balaban J connectivity index is 2.52. The lowest BCUT2D eigenvalue weighted by molar-refractivity contribution is 0.0745.